The van der Waals surface area contributed by atoms with Crippen molar-refractivity contribution in [3.8, 4) is 40.1 Å². The van der Waals surface area contributed by atoms with E-state index in [0.29, 0.717) is 28.1 Å². The minimum Gasteiger partial charge on any atom is -0.507 e. The summed E-state index contributed by atoms with van der Waals surface area (Å²) in [5, 5.41) is 19.8. The van der Waals surface area contributed by atoms with Gasteiger partial charge in [-0.1, -0.05) is 18.2 Å². The number of aromatic nitrogens is 1. The first-order valence-electron chi connectivity index (χ1n) is 8.88. The fourth-order valence-corrected chi connectivity index (χ4v) is 3.12. The van der Waals surface area contributed by atoms with Crippen LogP contribution in [-0.4, -0.2) is 36.5 Å². The van der Waals surface area contributed by atoms with Crippen LogP contribution >= 0.6 is 0 Å². The zero-order valence-corrected chi connectivity index (χ0v) is 16.3. The fraction of sp³-hybridized carbons (Fsp3) is 0.182. The Morgan fingerprint density at radius 2 is 1.79 bits per heavy atom. The highest BCUT2D eigenvalue weighted by Gasteiger charge is 2.23. The predicted octanol–water partition coefficient (Wildman–Crippen LogP) is 3.92. The molecule has 0 amide bonds. The number of aromatic hydroxyl groups is 1. The normalized spacial score (nSPS) is 10.3. The molecule has 148 valence electrons. The van der Waals surface area contributed by atoms with Gasteiger partial charge < -0.3 is 23.9 Å². The first kappa shape index (κ1) is 19.8. The molecule has 0 unspecified atom stereocenters. The molecule has 3 aromatic rings. The zero-order valence-electron chi connectivity index (χ0n) is 16.3. The number of nitrogens with zero attached hydrogens (tertiary/aromatic N) is 2. The highest BCUT2D eigenvalue weighted by molar-refractivity contribution is 5.94. The molecule has 0 bridgehead atoms. The predicted molar refractivity (Wildman–Crippen MR) is 107 cm³/mol. The molecule has 0 saturated carbocycles. The van der Waals surface area contributed by atoms with Gasteiger partial charge in [-0.15, -0.1) is 0 Å². The lowest BCUT2D eigenvalue weighted by Gasteiger charge is -2.16. The first-order chi connectivity index (χ1) is 14.0. The maximum atomic E-state index is 12.2. The highest BCUT2D eigenvalue weighted by Crippen LogP contribution is 2.39. The molecular weight excluding hydrogens is 372 g/mol. The number of nitriles is 1. The van der Waals surface area contributed by atoms with Gasteiger partial charge in [-0.25, -0.2) is 4.79 Å². The zero-order chi connectivity index (χ0) is 21.0. The van der Waals surface area contributed by atoms with Crippen LogP contribution in [0, 0.1) is 11.3 Å². The number of phenolic OH excluding ortho intramolecular Hbond substituents is 1. The third-order valence-corrected chi connectivity index (χ3v) is 4.41. The number of carbonyl (C=O) groups is 1. The minimum atomic E-state index is -0.519. The van der Waals surface area contributed by atoms with E-state index in [4.69, 9.17) is 14.2 Å². The summed E-state index contributed by atoms with van der Waals surface area (Å²) >= 11 is 0. The second-order valence-electron chi connectivity index (χ2n) is 6.04. The number of phenols is 1. The molecule has 3 rings (SSSR count). The van der Waals surface area contributed by atoms with Gasteiger partial charge in [0, 0.05) is 23.5 Å². The summed E-state index contributed by atoms with van der Waals surface area (Å²) in [6.07, 6.45) is 3.35. The van der Waals surface area contributed by atoms with Crippen LogP contribution in [0.4, 0.5) is 0 Å². The van der Waals surface area contributed by atoms with E-state index in [9.17, 15) is 15.2 Å². The molecule has 0 radical (unpaired) electrons. The van der Waals surface area contributed by atoms with E-state index in [2.05, 4.69) is 6.07 Å². The molecule has 0 aliphatic rings. The van der Waals surface area contributed by atoms with Gasteiger partial charge in [0.15, 0.2) is 11.5 Å². The van der Waals surface area contributed by atoms with E-state index in [-0.39, 0.29) is 23.7 Å². The largest absolute Gasteiger partial charge is 0.507 e. The molecule has 0 atom stereocenters. The number of ether oxygens (including phenoxy) is 3. The smallest absolute Gasteiger partial charge is 0.342 e. The third kappa shape index (κ3) is 3.60. The fourth-order valence-electron chi connectivity index (χ4n) is 3.12. The number of hydrogen-bond donors (Lipinski definition) is 1. The lowest BCUT2D eigenvalue weighted by Crippen LogP contribution is -2.09. The molecule has 29 heavy (non-hydrogen) atoms. The number of carbonyl (C=O) groups excluding carboxylic acids is 1. The van der Waals surface area contributed by atoms with E-state index >= 15 is 0 Å². The molecule has 0 fully saturated rings. The lowest BCUT2D eigenvalue weighted by molar-refractivity contribution is 0.0522. The van der Waals surface area contributed by atoms with Crippen LogP contribution < -0.4 is 9.47 Å². The summed E-state index contributed by atoms with van der Waals surface area (Å²) in [5.74, 6) is 0.111. The first-order valence-corrected chi connectivity index (χ1v) is 8.88. The summed E-state index contributed by atoms with van der Waals surface area (Å²) in [4.78, 5) is 12.2. The lowest BCUT2D eigenvalue weighted by atomic mass is 10.0. The van der Waals surface area contributed by atoms with Gasteiger partial charge in [-0.05, 0) is 25.1 Å². The number of hydrogen-bond acceptors (Lipinski definition) is 6. The third-order valence-electron chi connectivity index (χ3n) is 4.41. The summed E-state index contributed by atoms with van der Waals surface area (Å²) < 4.78 is 17.7. The SMILES string of the molecule is CCOC(=O)c1ccc(-n2cc(C#N)c(-c3ccccc3O)c2)c(OC)c1OC. The Morgan fingerprint density at radius 1 is 1.07 bits per heavy atom. The van der Waals surface area contributed by atoms with Gasteiger partial charge in [0.1, 0.15) is 17.4 Å². The topological polar surface area (TPSA) is 93.7 Å². The van der Waals surface area contributed by atoms with Crippen LogP contribution in [0.5, 0.6) is 17.2 Å². The minimum absolute atomic E-state index is 0.0731. The van der Waals surface area contributed by atoms with Crippen molar-refractivity contribution in [3.05, 3.63) is 59.9 Å². The van der Waals surface area contributed by atoms with E-state index in [1.54, 1.807) is 60.3 Å². The Bertz CT molecular complexity index is 1100. The van der Waals surface area contributed by atoms with Crippen LogP contribution in [0.15, 0.2) is 48.8 Å². The van der Waals surface area contributed by atoms with Gasteiger partial charge in [0.25, 0.3) is 0 Å². The average Bonchev–Trinajstić information content (AvgIpc) is 3.17. The molecule has 7 heteroatoms. The Morgan fingerprint density at radius 3 is 2.41 bits per heavy atom. The molecule has 0 saturated heterocycles. The highest BCUT2D eigenvalue weighted by atomic mass is 16.5. The van der Waals surface area contributed by atoms with Gasteiger partial charge in [0.05, 0.1) is 32.1 Å². The van der Waals surface area contributed by atoms with Crippen LogP contribution in [0.1, 0.15) is 22.8 Å². The van der Waals surface area contributed by atoms with Gasteiger partial charge >= 0.3 is 5.97 Å². The van der Waals surface area contributed by atoms with Crippen molar-refractivity contribution in [3.63, 3.8) is 0 Å². The van der Waals surface area contributed by atoms with Crippen molar-refractivity contribution in [2.24, 2.45) is 0 Å². The average molecular weight is 392 g/mol. The van der Waals surface area contributed by atoms with Crippen LogP contribution in [0.25, 0.3) is 16.8 Å². The van der Waals surface area contributed by atoms with Crippen LogP contribution in [-0.2, 0) is 4.74 Å². The van der Waals surface area contributed by atoms with Crippen molar-refractivity contribution in [1.29, 1.82) is 5.26 Å². The monoisotopic (exact) mass is 392 g/mol. The van der Waals surface area contributed by atoms with Gasteiger partial charge in [-0.2, -0.15) is 5.26 Å². The van der Waals surface area contributed by atoms with E-state index in [1.807, 2.05) is 0 Å². The van der Waals surface area contributed by atoms with Gasteiger partial charge in [-0.3, -0.25) is 0 Å². The maximum Gasteiger partial charge on any atom is 0.342 e. The number of benzene rings is 2. The van der Waals surface area contributed by atoms with E-state index in [1.165, 1.54) is 14.2 Å². The summed E-state index contributed by atoms with van der Waals surface area (Å²) in [7, 11) is 2.91. The molecule has 0 spiro atoms. The number of methoxy groups -OCH3 is 2. The Labute approximate surface area is 168 Å². The second-order valence-corrected chi connectivity index (χ2v) is 6.04. The Balaban J connectivity index is 2.18. The summed E-state index contributed by atoms with van der Waals surface area (Å²) in [5.41, 5.74) is 2.29. The molecular formula is C22H20N2O5. The van der Waals surface area contributed by atoms with E-state index < -0.39 is 5.97 Å². The Hall–Kier alpha value is -3.92. The van der Waals surface area contributed by atoms with Crippen LogP contribution in [0.3, 0.4) is 0 Å². The molecule has 7 nitrogen and oxygen atoms in total. The van der Waals surface area contributed by atoms with Crippen molar-refractivity contribution in [1.82, 2.24) is 4.57 Å². The number of esters is 1. The second kappa shape index (κ2) is 8.40. The molecule has 1 heterocycles. The van der Waals surface area contributed by atoms with Crippen molar-refractivity contribution >= 4 is 5.97 Å². The standard InChI is InChI=1S/C22H20N2O5/c1-4-29-22(26)16-9-10-18(21(28-3)20(16)27-2)24-12-14(11-23)17(13-24)15-7-5-6-8-19(15)25/h5-10,12-13,25H,4H2,1-3H3. The van der Waals surface area contributed by atoms with E-state index in [0.717, 1.165) is 0 Å². The van der Waals surface area contributed by atoms with Gasteiger partial charge in [0.2, 0.25) is 0 Å². The molecule has 2 aromatic carbocycles. The number of para-hydroxylation sites is 1. The Kier molecular flexibility index (Phi) is 5.74. The summed E-state index contributed by atoms with van der Waals surface area (Å²) in [6.45, 7) is 1.96. The molecule has 0 aliphatic heterocycles. The number of rotatable bonds is 6. The van der Waals surface area contributed by atoms with Crippen molar-refractivity contribution < 1.29 is 24.1 Å². The molecule has 1 aromatic heterocycles. The van der Waals surface area contributed by atoms with Crippen LogP contribution in [0.2, 0.25) is 0 Å². The quantitative estimate of drug-likeness (QED) is 0.639. The van der Waals surface area contributed by atoms with Crippen molar-refractivity contribution in [2.75, 3.05) is 20.8 Å². The summed E-state index contributed by atoms with van der Waals surface area (Å²) in [6, 6.07) is 12.2. The van der Waals surface area contributed by atoms with Crippen molar-refractivity contribution in [2.45, 2.75) is 6.92 Å². The molecule has 0 aliphatic carbocycles. The molecule has 1 N–H and O–H groups in total. The maximum absolute atomic E-state index is 12.2.